The summed E-state index contributed by atoms with van der Waals surface area (Å²) in [7, 11) is -3.14. The molecule has 3 heterocycles. The smallest absolute Gasteiger partial charge is 0.320 e. The Labute approximate surface area is 146 Å². The first-order valence-electron chi connectivity index (χ1n) is 8.22. The van der Waals surface area contributed by atoms with Crippen molar-refractivity contribution in [1.29, 1.82) is 0 Å². The summed E-state index contributed by atoms with van der Waals surface area (Å²) in [4.78, 5) is 23.3. The van der Waals surface area contributed by atoms with E-state index in [0.29, 0.717) is 36.6 Å². The fourth-order valence-electron chi connectivity index (χ4n) is 3.00. The van der Waals surface area contributed by atoms with Gasteiger partial charge in [-0.25, -0.2) is 27.5 Å². The molecule has 0 bridgehead atoms. The number of carbonyl (C=O) groups is 1. The Bertz CT molecular complexity index is 850. The summed E-state index contributed by atoms with van der Waals surface area (Å²) in [5.41, 5.74) is 1.35. The highest BCUT2D eigenvalue weighted by atomic mass is 32.2. The predicted molar refractivity (Wildman–Crippen MR) is 94.7 cm³/mol. The van der Waals surface area contributed by atoms with Gasteiger partial charge in [0.05, 0.1) is 12.5 Å². The first kappa shape index (κ1) is 17.6. The van der Waals surface area contributed by atoms with Gasteiger partial charge in [0.25, 0.3) is 0 Å². The summed E-state index contributed by atoms with van der Waals surface area (Å²) in [5, 5.41) is 5.43. The van der Waals surface area contributed by atoms with Crippen LogP contribution in [0.25, 0.3) is 11.2 Å². The van der Waals surface area contributed by atoms with Gasteiger partial charge in [-0.2, -0.15) is 0 Å². The number of nitrogens with zero attached hydrogens (tertiary/aromatic N) is 3. The SMILES string of the molecule is CS(=O)(=O)N1CCCC(CCNC(=O)Nc2cnc3[nH]ccc3n2)C1. The summed E-state index contributed by atoms with van der Waals surface area (Å²) >= 11 is 0. The van der Waals surface area contributed by atoms with Crippen LogP contribution in [-0.2, 0) is 10.0 Å². The standard InChI is InChI=1S/C15H22N6O3S/c1-25(23,24)21-8-2-3-11(10-21)4-6-17-15(22)20-13-9-18-14-12(19-13)5-7-16-14/h5,7,9,11H,2-4,6,8,10H2,1H3,(H,16,18)(H2,17,19,20,22). The molecule has 1 unspecified atom stereocenters. The molecule has 25 heavy (non-hydrogen) atoms. The van der Waals surface area contributed by atoms with Gasteiger partial charge in [0.2, 0.25) is 10.0 Å². The number of nitrogens with one attached hydrogen (secondary N) is 3. The third kappa shape index (κ3) is 4.67. The zero-order chi connectivity index (χ0) is 17.9. The van der Waals surface area contributed by atoms with Crippen molar-refractivity contribution in [3.05, 3.63) is 18.5 Å². The van der Waals surface area contributed by atoms with E-state index in [0.717, 1.165) is 19.3 Å². The second kappa shape index (κ2) is 7.36. The van der Waals surface area contributed by atoms with E-state index in [4.69, 9.17) is 0 Å². The van der Waals surface area contributed by atoms with Crippen LogP contribution in [0, 0.1) is 5.92 Å². The number of hydrogen-bond donors (Lipinski definition) is 3. The van der Waals surface area contributed by atoms with Gasteiger partial charge < -0.3 is 10.3 Å². The van der Waals surface area contributed by atoms with E-state index in [1.165, 1.54) is 16.8 Å². The number of hydrogen-bond acceptors (Lipinski definition) is 5. The van der Waals surface area contributed by atoms with Gasteiger partial charge in [-0.05, 0) is 31.2 Å². The van der Waals surface area contributed by atoms with Crippen LogP contribution in [0.1, 0.15) is 19.3 Å². The summed E-state index contributed by atoms with van der Waals surface area (Å²) in [5.74, 6) is 0.644. The highest BCUT2D eigenvalue weighted by molar-refractivity contribution is 7.88. The third-order valence-electron chi connectivity index (χ3n) is 4.29. The lowest BCUT2D eigenvalue weighted by molar-refractivity contribution is 0.242. The van der Waals surface area contributed by atoms with Crippen molar-refractivity contribution in [2.75, 3.05) is 31.2 Å². The van der Waals surface area contributed by atoms with Gasteiger partial charge in [0.1, 0.15) is 5.52 Å². The van der Waals surface area contributed by atoms with Gasteiger partial charge in [0, 0.05) is 25.8 Å². The minimum atomic E-state index is -3.14. The zero-order valence-electron chi connectivity index (χ0n) is 14.0. The van der Waals surface area contributed by atoms with Crippen LogP contribution in [0.2, 0.25) is 0 Å². The fraction of sp³-hybridized carbons (Fsp3) is 0.533. The van der Waals surface area contributed by atoms with E-state index in [9.17, 15) is 13.2 Å². The fourth-order valence-corrected chi connectivity index (χ4v) is 3.95. The van der Waals surface area contributed by atoms with Crippen molar-refractivity contribution >= 4 is 33.0 Å². The number of aromatic amines is 1. The Kier molecular flexibility index (Phi) is 5.19. The number of anilines is 1. The predicted octanol–water partition coefficient (Wildman–Crippen LogP) is 1.14. The molecule has 3 rings (SSSR count). The number of H-pyrrole nitrogens is 1. The molecule has 0 aromatic carbocycles. The number of amides is 2. The second-order valence-corrected chi connectivity index (χ2v) is 8.25. The number of carbonyl (C=O) groups excluding carboxylic acids is 1. The van der Waals surface area contributed by atoms with Crippen molar-refractivity contribution in [3.63, 3.8) is 0 Å². The average molecular weight is 366 g/mol. The summed E-state index contributed by atoms with van der Waals surface area (Å²) in [6.45, 7) is 1.59. The molecule has 0 saturated carbocycles. The molecule has 1 saturated heterocycles. The van der Waals surface area contributed by atoms with E-state index < -0.39 is 10.0 Å². The summed E-state index contributed by atoms with van der Waals surface area (Å²) in [6, 6.07) is 1.43. The zero-order valence-corrected chi connectivity index (χ0v) is 14.8. The van der Waals surface area contributed by atoms with Crippen molar-refractivity contribution in [2.45, 2.75) is 19.3 Å². The van der Waals surface area contributed by atoms with Gasteiger partial charge >= 0.3 is 6.03 Å². The number of rotatable bonds is 5. The molecule has 2 aromatic rings. The molecule has 1 atom stereocenters. The quantitative estimate of drug-likeness (QED) is 0.733. The highest BCUT2D eigenvalue weighted by Gasteiger charge is 2.25. The minimum absolute atomic E-state index is 0.264. The number of sulfonamides is 1. The van der Waals surface area contributed by atoms with E-state index in [1.54, 1.807) is 12.3 Å². The van der Waals surface area contributed by atoms with Crippen molar-refractivity contribution in [3.8, 4) is 0 Å². The highest BCUT2D eigenvalue weighted by Crippen LogP contribution is 2.21. The van der Waals surface area contributed by atoms with Crippen LogP contribution in [0.4, 0.5) is 10.6 Å². The molecule has 1 fully saturated rings. The maximum atomic E-state index is 11.9. The first-order valence-corrected chi connectivity index (χ1v) is 10.1. The second-order valence-electron chi connectivity index (χ2n) is 6.27. The maximum absolute atomic E-state index is 11.9. The van der Waals surface area contributed by atoms with Crippen LogP contribution in [0.3, 0.4) is 0 Å². The normalized spacial score (nSPS) is 19.0. The van der Waals surface area contributed by atoms with E-state index in [2.05, 4.69) is 25.6 Å². The monoisotopic (exact) mass is 366 g/mol. The molecule has 2 amide bonds. The Hall–Kier alpha value is -2.20. The summed E-state index contributed by atoms with van der Waals surface area (Å²) in [6.07, 6.45) is 7.04. The lowest BCUT2D eigenvalue weighted by atomic mass is 9.96. The van der Waals surface area contributed by atoms with Crippen molar-refractivity contribution in [1.82, 2.24) is 24.6 Å². The van der Waals surface area contributed by atoms with Gasteiger partial charge in [-0.15, -0.1) is 0 Å². The number of fused-ring (bicyclic) bond motifs is 1. The Morgan fingerprint density at radius 2 is 2.32 bits per heavy atom. The van der Waals surface area contributed by atoms with Crippen molar-refractivity contribution in [2.24, 2.45) is 5.92 Å². The largest absolute Gasteiger partial charge is 0.345 e. The maximum Gasteiger partial charge on any atom is 0.320 e. The van der Waals surface area contributed by atoms with Gasteiger partial charge in [-0.3, -0.25) is 5.32 Å². The molecule has 0 spiro atoms. The van der Waals surface area contributed by atoms with Gasteiger partial charge in [-0.1, -0.05) is 0 Å². The average Bonchev–Trinajstić information content (AvgIpc) is 3.02. The van der Waals surface area contributed by atoms with Crippen LogP contribution in [0.5, 0.6) is 0 Å². The molecule has 0 radical (unpaired) electrons. The number of urea groups is 1. The molecule has 3 N–H and O–H groups in total. The van der Waals surface area contributed by atoms with Crippen LogP contribution in [0.15, 0.2) is 18.5 Å². The molecule has 2 aromatic heterocycles. The molecule has 1 aliphatic rings. The first-order chi connectivity index (χ1) is 11.9. The van der Waals surface area contributed by atoms with Crippen LogP contribution < -0.4 is 10.6 Å². The molecular weight excluding hydrogens is 344 g/mol. The van der Waals surface area contributed by atoms with E-state index in [1.807, 2.05) is 0 Å². The molecule has 0 aliphatic carbocycles. The Morgan fingerprint density at radius 3 is 3.12 bits per heavy atom. The van der Waals surface area contributed by atoms with Crippen molar-refractivity contribution < 1.29 is 13.2 Å². The minimum Gasteiger partial charge on any atom is -0.345 e. The van der Waals surface area contributed by atoms with Crippen LogP contribution in [-0.4, -0.2) is 59.6 Å². The molecule has 10 heteroatoms. The van der Waals surface area contributed by atoms with E-state index >= 15 is 0 Å². The Morgan fingerprint density at radius 1 is 1.48 bits per heavy atom. The summed E-state index contributed by atoms with van der Waals surface area (Å²) < 4.78 is 24.8. The third-order valence-corrected chi connectivity index (χ3v) is 5.56. The van der Waals surface area contributed by atoms with Gasteiger partial charge in [0.15, 0.2) is 11.5 Å². The molecule has 1 aliphatic heterocycles. The number of aromatic nitrogens is 3. The van der Waals surface area contributed by atoms with E-state index in [-0.39, 0.29) is 11.9 Å². The number of piperidine rings is 1. The topological polar surface area (TPSA) is 120 Å². The van der Waals surface area contributed by atoms with Crippen LogP contribution >= 0.6 is 0 Å². The molecule has 9 nitrogen and oxygen atoms in total. The lowest BCUT2D eigenvalue weighted by Gasteiger charge is -2.30. The molecular formula is C15H22N6O3S. The molecule has 136 valence electrons. The lowest BCUT2D eigenvalue weighted by Crippen LogP contribution is -2.40. The Balaban J connectivity index is 1.44.